The third kappa shape index (κ3) is 1.96. The number of nitrogens with one attached hydrogen (secondary N) is 1. The minimum absolute atomic E-state index is 0.0391. The highest BCUT2D eigenvalue weighted by atomic mass is 35.5. The Hall–Kier alpha value is -2.45. The highest BCUT2D eigenvalue weighted by Crippen LogP contribution is 2.32. The van der Waals surface area contributed by atoms with E-state index in [0.717, 1.165) is 11.8 Å². The monoisotopic (exact) mass is 345 g/mol. The molecule has 5 heterocycles. The van der Waals surface area contributed by atoms with E-state index < -0.39 is 0 Å². The molecule has 2 bridgehead atoms. The second kappa shape index (κ2) is 5.02. The second-order valence-electron chi connectivity index (χ2n) is 5.95. The van der Waals surface area contributed by atoms with Crippen molar-refractivity contribution < 1.29 is 14.1 Å². The summed E-state index contributed by atoms with van der Waals surface area (Å²) in [7, 11) is 0. The molecule has 5 rings (SSSR count). The molecule has 8 nitrogen and oxygen atoms in total. The minimum atomic E-state index is -0.267. The zero-order valence-corrected chi connectivity index (χ0v) is 13.2. The molecule has 0 aliphatic carbocycles. The molecule has 122 valence electrons. The van der Waals surface area contributed by atoms with Crippen LogP contribution in [0.25, 0.3) is 22.4 Å². The van der Waals surface area contributed by atoms with Gasteiger partial charge in [-0.1, -0.05) is 16.8 Å². The van der Waals surface area contributed by atoms with Crippen molar-refractivity contribution in [3.8, 4) is 11.4 Å². The molecule has 0 spiro atoms. The smallest absolute Gasteiger partial charge is 0.316 e. The van der Waals surface area contributed by atoms with Crippen molar-refractivity contribution >= 4 is 28.5 Å². The van der Waals surface area contributed by atoms with Crippen LogP contribution in [0.1, 0.15) is 17.1 Å². The number of aromatic amines is 1. The van der Waals surface area contributed by atoms with Crippen molar-refractivity contribution in [2.45, 2.75) is 18.6 Å². The van der Waals surface area contributed by atoms with E-state index in [1.54, 1.807) is 17.3 Å². The van der Waals surface area contributed by atoms with E-state index in [-0.39, 0.29) is 29.8 Å². The van der Waals surface area contributed by atoms with Gasteiger partial charge in [-0.25, -0.2) is 4.98 Å². The maximum absolute atomic E-state index is 12.6. The van der Waals surface area contributed by atoms with Crippen LogP contribution in [0.5, 0.6) is 0 Å². The zero-order chi connectivity index (χ0) is 16.3. The summed E-state index contributed by atoms with van der Waals surface area (Å²) in [6.45, 7) is 1.14. The van der Waals surface area contributed by atoms with E-state index in [1.165, 1.54) is 0 Å². The lowest BCUT2D eigenvalue weighted by molar-refractivity contribution is 0.0231. The molecule has 2 fully saturated rings. The van der Waals surface area contributed by atoms with Gasteiger partial charge in [0.2, 0.25) is 5.82 Å². The molecule has 3 aromatic rings. The number of carbonyl (C=O) groups excluding carboxylic acids is 1. The summed E-state index contributed by atoms with van der Waals surface area (Å²) in [6, 6.07) is 1.92. The molecule has 9 heteroatoms. The Bertz CT molecular complexity index is 952. The first-order valence-corrected chi connectivity index (χ1v) is 7.97. The Labute approximate surface area is 140 Å². The number of rotatable bonds is 2. The fraction of sp³-hybridized carbons (Fsp3) is 0.333. The van der Waals surface area contributed by atoms with E-state index >= 15 is 0 Å². The Morgan fingerprint density at radius 2 is 2.38 bits per heavy atom. The number of aromatic nitrogens is 4. The molecule has 0 saturated carbocycles. The summed E-state index contributed by atoms with van der Waals surface area (Å²) in [5, 5.41) is 5.13. The number of fused-ring (bicyclic) bond motifs is 3. The number of carbonyl (C=O) groups is 1. The number of likely N-dealkylation sites (tertiary alicyclic amines) is 1. The van der Waals surface area contributed by atoms with Crippen LogP contribution in [0.4, 0.5) is 0 Å². The van der Waals surface area contributed by atoms with Crippen molar-refractivity contribution in [2.24, 2.45) is 0 Å². The molecule has 2 aliphatic rings. The lowest BCUT2D eigenvalue weighted by Crippen LogP contribution is -2.41. The molecule has 24 heavy (non-hydrogen) atoms. The van der Waals surface area contributed by atoms with E-state index in [4.69, 9.17) is 20.9 Å². The first-order valence-electron chi connectivity index (χ1n) is 7.59. The van der Waals surface area contributed by atoms with Crippen molar-refractivity contribution in [1.82, 2.24) is 25.0 Å². The molecule has 2 atom stereocenters. The number of amides is 1. The van der Waals surface area contributed by atoms with Crippen LogP contribution < -0.4 is 0 Å². The van der Waals surface area contributed by atoms with Crippen molar-refractivity contribution in [3.05, 3.63) is 29.4 Å². The van der Waals surface area contributed by atoms with Gasteiger partial charge in [-0.2, -0.15) is 4.98 Å². The Morgan fingerprint density at radius 1 is 1.46 bits per heavy atom. The van der Waals surface area contributed by atoms with Crippen molar-refractivity contribution in [1.29, 1.82) is 0 Å². The van der Waals surface area contributed by atoms with Gasteiger partial charge in [-0.05, 0) is 12.5 Å². The van der Waals surface area contributed by atoms with Gasteiger partial charge in [-0.15, -0.1) is 0 Å². The SMILES string of the molecule is O=C(c1nc(-c2cnc3[nH]ccc3c2Cl)no1)N1C[C@H]2C[C@@H]1CO2. The lowest BCUT2D eigenvalue weighted by atomic mass is 10.2. The molecule has 2 saturated heterocycles. The molecule has 0 unspecified atom stereocenters. The van der Waals surface area contributed by atoms with Crippen molar-refractivity contribution in [2.75, 3.05) is 13.2 Å². The minimum Gasteiger partial charge on any atom is -0.374 e. The van der Waals surface area contributed by atoms with Crippen molar-refractivity contribution in [3.63, 3.8) is 0 Å². The normalized spacial score (nSPS) is 22.6. The number of halogens is 1. The van der Waals surface area contributed by atoms with E-state index in [0.29, 0.717) is 29.4 Å². The molecule has 3 aromatic heterocycles. The van der Waals surface area contributed by atoms with E-state index in [2.05, 4.69) is 20.1 Å². The molecule has 1 amide bonds. The average molecular weight is 346 g/mol. The zero-order valence-electron chi connectivity index (χ0n) is 12.4. The molecular formula is C15H12ClN5O3. The number of nitrogens with zero attached hydrogens (tertiary/aromatic N) is 4. The fourth-order valence-corrected chi connectivity index (χ4v) is 3.61. The molecule has 0 aromatic carbocycles. The standard InChI is InChI=1S/C15H12ClN5O3/c16-11-9-1-2-17-12(9)18-4-10(11)13-19-14(24-20-13)15(22)21-5-8-3-7(21)6-23-8/h1-2,4,7-8H,3,5-6H2,(H,17,18)/t7-,8-/m1/s1. The Kier molecular flexibility index (Phi) is 2.92. The van der Waals surface area contributed by atoms with Crippen LogP contribution in [-0.4, -0.2) is 56.2 Å². The third-order valence-electron chi connectivity index (χ3n) is 4.53. The molecular weight excluding hydrogens is 334 g/mol. The number of hydrogen-bond acceptors (Lipinski definition) is 6. The highest BCUT2D eigenvalue weighted by Gasteiger charge is 2.43. The number of pyridine rings is 1. The summed E-state index contributed by atoms with van der Waals surface area (Å²) >= 11 is 6.39. The number of morpholine rings is 1. The van der Waals surface area contributed by atoms with Crippen LogP contribution >= 0.6 is 11.6 Å². The average Bonchev–Trinajstić information content (AvgIpc) is 3.36. The van der Waals surface area contributed by atoms with Crippen LogP contribution in [-0.2, 0) is 4.74 Å². The summed E-state index contributed by atoms with van der Waals surface area (Å²) < 4.78 is 10.7. The topological polar surface area (TPSA) is 97.1 Å². The number of ether oxygens (including phenoxy) is 1. The summed E-state index contributed by atoms with van der Waals surface area (Å²) in [5.41, 5.74) is 1.20. The van der Waals surface area contributed by atoms with Gasteiger partial charge in [0.05, 0.1) is 29.3 Å². The quantitative estimate of drug-likeness (QED) is 0.761. The van der Waals surface area contributed by atoms with Gasteiger partial charge in [0.15, 0.2) is 0 Å². The number of hydrogen-bond donors (Lipinski definition) is 1. The maximum atomic E-state index is 12.6. The Morgan fingerprint density at radius 3 is 3.17 bits per heavy atom. The van der Waals surface area contributed by atoms with Gasteiger partial charge in [0.1, 0.15) is 5.65 Å². The Balaban J connectivity index is 1.48. The van der Waals surface area contributed by atoms with E-state index in [9.17, 15) is 4.79 Å². The summed E-state index contributed by atoms with van der Waals surface area (Å²) in [4.78, 5) is 25.8. The maximum Gasteiger partial charge on any atom is 0.316 e. The lowest BCUT2D eigenvalue weighted by Gasteiger charge is -2.25. The van der Waals surface area contributed by atoms with Gasteiger partial charge in [-0.3, -0.25) is 4.79 Å². The first kappa shape index (κ1) is 13.9. The predicted octanol–water partition coefficient (Wildman–Crippen LogP) is 1.88. The highest BCUT2D eigenvalue weighted by molar-refractivity contribution is 6.37. The third-order valence-corrected chi connectivity index (χ3v) is 4.94. The van der Waals surface area contributed by atoms with Crippen LogP contribution in [0.2, 0.25) is 5.02 Å². The second-order valence-corrected chi connectivity index (χ2v) is 6.33. The molecule has 0 radical (unpaired) electrons. The van der Waals surface area contributed by atoms with Crippen LogP contribution in [0, 0.1) is 0 Å². The largest absolute Gasteiger partial charge is 0.374 e. The fourth-order valence-electron chi connectivity index (χ4n) is 3.32. The first-order chi connectivity index (χ1) is 11.7. The van der Waals surface area contributed by atoms with Gasteiger partial charge in [0, 0.05) is 24.3 Å². The number of H-pyrrole nitrogens is 1. The summed E-state index contributed by atoms with van der Waals surface area (Å²) in [6.07, 6.45) is 4.30. The predicted molar refractivity (Wildman–Crippen MR) is 83.6 cm³/mol. The van der Waals surface area contributed by atoms with Gasteiger partial charge >= 0.3 is 11.8 Å². The molecule has 2 aliphatic heterocycles. The molecule has 1 N–H and O–H groups in total. The summed E-state index contributed by atoms with van der Waals surface area (Å²) in [5.74, 6) is -0.0568. The van der Waals surface area contributed by atoms with Gasteiger partial charge in [0.25, 0.3) is 0 Å². The van der Waals surface area contributed by atoms with Crippen LogP contribution in [0.15, 0.2) is 23.0 Å². The van der Waals surface area contributed by atoms with Gasteiger partial charge < -0.3 is 19.1 Å². The van der Waals surface area contributed by atoms with E-state index in [1.807, 2.05) is 6.07 Å². The van der Waals surface area contributed by atoms with Crippen LogP contribution in [0.3, 0.4) is 0 Å².